The van der Waals surface area contributed by atoms with Gasteiger partial charge in [-0.3, -0.25) is 0 Å². The first-order chi connectivity index (χ1) is 8.58. The van der Waals surface area contributed by atoms with E-state index in [1.807, 2.05) is 18.2 Å². The van der Waals surface area contributed by atoms with Gasteiger partial charge in [0.25, 0.3) is 0 Å². The molecule has 3 heteroatoms. The van der Waals surface area contributed by atoms with Crippen molar-refractivity contribution >= 4 is 0 Å². The molecule has 18 heavy (non-hydrogen) atoms. The van der Waals surface area contributed by atoms with Crippen molar-refractivity contribution < 1.29 is 5.11 Å². The van der Waals surface area contributed by atoms with Gasteiger partial charge in [0.2, 0.25) is 0 Å². The molecule has 0 heterocycles. The lowest BCUT2D eigenvalue weighted by Crippen LogP contribution is -2.36. The molecule has 3 nitrogen and oxygen atoms in total. The Morgan fingerprint density at radius 3 is 2.72 bits per heavy atom. The third kappa shape index (κ3) is 3.10. The molecule has 1 aromatic carbocycles. The van der Waals surface area contributed by atoms with Gasteiger partial charge in [0.1, 0.15) is 0 Å². The number of rotatable bonds is 4. The van der Waals surface area contributed by atoms with Crippen LogP contribution in [0.3, 0.4) is 0 Å². The van der Waals surface area contributed by atoms with Crippen molar-refractivity contribution in [1.29, 1.82) is 5.26 Å². The molecule has 0 amide bonds. The third-order valence-electron chi connectivity index (χ3n) is 3.69. The van der Waals surface area contributed by atoms with E-state index < -0.39 is 0 Å². The topological polar surface area (TPSA) is 47.3 Å². The van der Waals surface area contributed by atoms with Crippen LogP contribution in [-0.2, 0) is 6.54 Å². The second-order valence-corrected chi connectivity index (χ2v) is 5.44. The van der Waals surface area contributed by atoms with Gasteiger partial charge in [0.15, 0.2) is 0 Å². The number of aliphatic hydroxyl groups is 1. The summed E-state index contributed by atoms with van der Waals surface area (Å²) >= 11 is 0. The Morgan fingerprint density at radius 1 is 1.44 bits per heavy atom. The van der Waals surface area contributed by atoms with Gasteiger partial charge in [0.05, 0.1) is 17.7 Å². The first-order valence-corrected chi connectivity index (χ1v) is 6.44. The van der Waals surface area contributed by atoms with Crippen molar-refractivity contribution in [2.45, 2.75) is 32.4 Å². The van der Waals surface area contributed by atoms with E-state index in [2.05, 4.69) is 24.9 Å². The SMILES string of the molecule is Cc1cc(C#N)ccc1CN(C)CC1CC(O)C1. The van der Waals surface area contributed by atoms with Crippen molar-refractivity contribution in [2.75, 3.05) is 13.6 Å². The van der Waals surface area contributed by atoms with E-state index in [-0.39, 0.29) is 6.10 Å². The van der Waals surface area contributed by atoms with Crippen LogP contribution in [0.15, 0.2) is 18.2 Å². The molecule has 0 bridgehead atoms. The zero-order valence-corrected chi connectivity index (χ0v) is 11.1. The van der Waals surface area contributed by atoms with Gasteiger partial charge in [0, 0.05) is 13.1 Å². The Balaban J connectivity index is 1.90. The highest BCUT2D eigenvalue weighted by Gasteiger charge is 2.27. The van der Waals surface area contributed by atoms with Crippen molar-refractivity contribution in [3.8, 4) is 6.07 Å². The number of benzene rings is 1. The fourth-order valence-corrected chi connectivity index (χ4v) is 2.59. The highest BCUT2D eigenvalue weighted by molar-refractivity contribution is 5.37. The molecular formula is C15H20N2O. The molecule has 1 aliphatic rings. The van der Waals surface area contributed by atoms with Gasteiger partial charge < -0.3 is 10.0 Å². The lowest BCUT2D eigenvalue weighted by atomic mass is 9.82. The van der Waals surface area contributed by atoms with Crippen molar-refractivity contribution in [1.82, 2.24) is 4.90 Å². The lowest BCUT2D eigenvalue weighted by Gasteiger charge is -2.34. The van der Waals surface area contributed by atoms with E-state index >= 15 is 0 Å². The van der Waals surface area contributed by atoms with Gasteiger partial charge in [-0.15, -0.1) is 0 Å². The summed E-state index contributed by atoms with van der Waals surface area (Å²) in [5.41, 5.74) is 3.17. The second-order valence-electron chi connectivity index (χ2n) is 5.44. The Labute approximate surface area is 109 Å². The maximum absolute atomic E-state index is 9.27. The molecule has 2 rings (SSSR count). The maximum atomic E-state index is 9.27. The summed E-state index contributed by atoms with van der Waals surface area (Å²) in [7, 11) is 2.11. The monoisotopic (exact) mass is 244 g/mol. The molecule has 0 aliphatic heterocycles. The molecule has 1 saturated carbocycles. The summed E-state index contributed by atoms with van der Waals surface area (Å²) in [6.45, 7) is 4.00. The summed E-state index contributed by atoms with van der Waals surface area (Å²) in [6, 6.07) is 8.02. The predicted octanol–water partition coefficient (Wildman–Crippen LogP) is 2.07. The summed E-state index contributed by atoms with van der Waals surface area (Å²) in [4.78, 5) is 2.30. The zero-order chi connectivity index (χ0) is 13.1. The van der Waals surface area contributed by atoms with Gasteiger partial charge >= 0.3 is 0 Å². The van der Waals surface area contributed by atoms with E-state index in [0.717, 1.165) is 31.5 Å². The Bertz CT molecular complexity index is 458. The number of aliphatic hydroxyl groups excluding tert-OH is 1. The number of nitriles is 1. The van der Waals surface area contributed by atoms with Crippen LogP contribution in [0.4, 0.5) is 0 Å². The molecular weight excluding hydrogens is 224 g/mol. The highest BCUT2D eigenvalue weighted by atomic mass is 16.3. The van der Waals surface area contributed by atoms with Crippen molar-refractivity contribution in [3.05, 3.63) is 34.9 Å². The summed E-state index contributed by atoms with van der Waals surface area (Å²) in [5, 5.41) is 18.1. The maximum Gasteiger partial charge on any atom is 0.0991 e. The fraction of sp³-hybridized carbons (Fsp3) is 0.533. The molecule has 1 aliphatic carbocycles. The normalized spacial score (nSPS) is 22.6. The second kappa shape index (κ2) is 5.51. The molecule has 0 spiro atoms. The van der Waals surface area contributed by atoms with Crippen LogP contribution in [0.5, 0.6) is 0 Å². The minimum Gasteiger partial charge on any atom is -0.393 e. The van der Waals surface area contributed by atoms with Crippen LogP contribution in [0, 0.1) is 24.2 Å². The standard InChI is InChI=1S/C15H20N2O/c1-11-5-12(8-16)3-4-14(11)10-17(2)9-13-6-15(18)7-13/h3-5,13,15,18H,6-7,9-10H2,1-2H3. The Kier molecular flexibility index (Phi) is 4.00. The highest BCUT2D eigenvalue weighted by Crippen LogP contribution is 2.28. The van der Waals surface area contributed by atoms with Crippen LogP contribution < -0.4 is 0 Å². The number of hydrogen-bond donors (Lipinski definition) is 1. The van der Waals surface area contributed by atoms with E-state index in [0.29, 0.717) is 5.92 Å². The molecule has 0 unspecified atom stereocenters. The number of aryl methyl sites for hydroxylation is 1. The van der Waals surface area contributed by atoms with Crippen LogP contribution >= 0.6 is 0 Å². The first kappa shape index (κ1) is 13.1. The summed E-state index contributed by atoms with van der Waals surface area (Å²) < 4.78 is 0. The van der Waals surface area contributed by atoms with Crippen LogP contribution in [0.25, 0.3) is 0 Å². The first-order valence-electron chi connectivity index (χ1n) is 6.44. The molecule has 1 aromatic rings. The van der Waals surface area contributed by atoms with Gasteiger partial charge in [-0.2, -0.15) is 5.26 Å². The van der Waals surface area contributed by atoms with Gasteiger partial charge in [-0.25, -0.2) is 0 Å². The average Bonchev–Trinajstić information content (AvgIpc) is 2.30. The quantitative estimate of drug-likeness (QED) is 0.882. The van der Waals surface area contributed by atoms with Gasteiger partial charge in [-0.05, 0) is 56.0 Å². The third-order valence-corrected chi connectivity index (χ3v) is 3.69. The lowest BCUT2D eigenvalue weighted by molar-refractivity contribution is 0.0273. The van der Waals surface area contributed by atoms with Gasteiger partial charge in [-0.1, -0.05) is 6.07 Å². The van der Waals surface area contributed by atoms with E-state index in [9.17, 15) is 5.11 Å². The molecule has 0 radical (unpaired) electrons. The molecule has 0 saturated heterocycles. The number of nitrogens with zero attached hydrogens (tertiary/aromatic N) is 2. The summed E-state index contributed by atoms with van der Waals surface area (Å²) in [6.07, 6.45) is 1.81. The minimum atomic E-state index is -0.0694. The van der Waals surface area contributed by atoms with Crippen LogP contribution in [0.1, 0.15) is 29.5 Å². The molecule has 1 fully saturated rings. The largest absolute Gasteiger partial charge is 0.393 e. The van der Waals surface area contributed by atoms with Crippen LogP contribution in [0.2, 0.25) is 0 Å². The van der Waals surface area contributed by atoms with Crippen LogP contribution in [-0.4, -0.2) is 29.7 Å². The van der Waals surface area contributed by atoms with Crippen molar-refractivity contribution in [2.24, 2.45) is 5.92 Å². The predicted molar refractivity (Wildman–Crippen MR) is 71.0 cm³/mol. The fourth-order valence-electron chi connectivity index (χ4n) is 2.59. The van der Waals surface area contributed by atoms with Crippen molar-refractivity contribution in [3.63, 3.8) is 0 Å². The minimum absolute atomic E-state index is 0.0694. The average molecular weight is 244 g/mol. The molecule has 0 aromatic heterocycles. The molecule has 1 N–H and O–H groups in total. The molecule has 96 valence electrons. The Morgan fingerprint density at radius 2 is 2.17 bits per heavy atom. The zero-order valence-electron chi connectivity index (χ0n) is 11.1. The smallest absolute Gasteiger partial charge is 0.0991 e. The molecule has 0 atom stereocenters. The van der Waals surface area contributed by atoms with E-state index in [4.69, 9.17) is 5.26 Å². The van der Waals surface area contributed by atoms with E-state index in [1.54, 1.807) is 0 Å². The van der Waals surface area contributed by atoms with E-state index in [1.165, 1.54) is 11.1 Å². The summed E-state index contributed by atoms with van der Waals surface area (Å²) in [5.74, 6) is 0.642. The number of hydrogen-bond acceptors (Lipinski definition) is 3. The Hall–Kier alpha value is -1.37.